The minimum atomic E-state index is 0. The first kappa shape index (κ1) is 8.87. The highest BCUT2D eigenvalue weighted by Crippen LogP contribution is 1.39. The number of hydrogen-bond donors (Lipinski definition) is 1. The van der Waals surface area contributed by atoms with Gasteiger partial charge < -0.3 is 0 Å². The van der Waals surface area contributed by atoms with E-state index in [4.69, 9.17) is 4.79 Å². The summed E-state index contributed by atoms with van der Waals surface area (Å²) in [6, 6.07) is 0. The standard InChI is InChI=1S/CH2OS.Si/c2-1-3;/h1H,(H,2,3);. The van der Waals surface area contributed by atoms with Crippen LogP contribution in [-0.4, -0.2) is 16.6 Å². The van der Waals surface area contributed by atoms with E-state index in [9.17, 15) is 0 Å². The molecular weight excluding hydrogens is 88.2 g/mol. The molecule has 0 spiro atoms. The van der Waals surface area contributed by atoms with Crippen LogP contribution in [0.15, 0.2) is 0 Å². The van der Waals surface area contributed by atoms with Crippen molar-refractivity contribution in [2.24, 2.45) is 0 Å². The third-order valence-electron chi connectivity index (χ3n) is 0. The molecule has 0 aliphatic heterocycles. The SMILES string of the molecule is O=CS.[Si]. The summed E-state index contributed by atoms with van der Waals surface area (Å²) in [5.41, 5.74) is 0.444. The van der Waals surface area contributed by atoms with Crippen molar-refractivity contribution in [3.05, 3.63) is 0 Å². The van der Waals surface area contributed by atoms with Crippen molar-refractivity contribution >= 4 is 29.2 Å². The molecule has 0 aromatic rings. The Hall–Kier alpha value is 0.237. The average Bonchev–Trinajstić information content (AvgIpc) is 0.918. The van der Waals surface area contributed by atoms with E-state index < -0.39 is 0 Å². The summed E-state index contributed by atoms with van der Waals surface area (Å²) in [5, 5.41) is 0. The third-order valence-corrected chi connectivity index (χ3v) is 0. The number of carbonyl (C=O) groups is 1. The molecule has 4 heavy (non-hydrogen) atoms. The first-order valence-corrected chi connectivity index (χ1v) is 1.01. The fourth-order valence-electron chi connectivity index (χ4n) is 0. The van der Waals surface area contributed by atoms with Crippen molar-refractivity contribution in [3.8, 4) is 0 Å². The molecule has 0 aromatic carbocycles. The highest BCUT2D eigenvalue weighted by molar-refractivity contribution is 7.94. The second-order valence-electron chi connectivity index (χ2n) is 0.105. The van der Waals surface area contributed by atoms with Crippen molar-refractivity contribution in [3.63, 3.8) is 0 Å². The summed E-state index contributed by atoms with van der Waals surface area (Å²) in [4.78, 5) is 8.67. The maximum atomic E-state index is 8.67. The molecule has 0 aliphatic rings. The van der Waals surface area contributed by atoms with Crippen molar-refractivity contribution in [2.45, 2.75) is 0 Å². The summed E-state index contributed by atoms with van der Waals surface area (Å²) in [6.07, 6.45) is 0. The molecule has 0 bridgehead atoms. The van der Waals surface area contributed by atoms with Gasteiger partial charge >= 0.3 is 0 Å². The monoisotopic (exact) mass is 90.0 g/mol. The van der Waals surface area contributed by atoms with Crippen LogP contribution in [0.3, 0.4) is 0 Å². The van der Waals surface area contributed by atoms with Gasteiger partial charge in [-0.05, 0) is 0 Å². The molecule has 0 amide bonds. The van der Waals surface area contributed by atoms with E-state index in [0.717, 1.165) is 0 Å². The lowest BCUT2D eigenvalue weighted by atomic mass is 11.8. The van der Waals surface area contributed by atoms with E-state index in [-0.39, 0.29) is 11.0 Å². The van der Waals surface area contributed by atoms with Gasteiger partial charge in [-0.15, -0.1) is 12.6 Å². The fourth-order valence-corrected chi connectivity index (χ4v) is 0. The maximum Gasteiger partial charge on any atom is 0.173 e. The third kappa shape index (κ3) is 61.0. The quantitative estimate of drug-likeness (QED) is 0.246. The van der Waals surface area contributed by atoms with Crippen LogP contribution in [0, 0.1) is 0 Å². The molecule has 3 heteroatoms. The second kappa shape index (κ2) is 10.6. The summed E-state index contributed by atoms with van der Waals surface area (Å²) < 4.78 is 0. The minimum absolute atomic E-state index is 0. The van der Waals surface area contributed by atoms with Crippen LogP contribution >= 0.6 is 12.6 Å². The normalized spacial score (nSPS) is 3.25. The van der Waals surface area contributed by atoms with Crippen LogP contribution < -0.4 is 0 Å². The predicted molar refractivity (Wildman–Crippen MR) is 21.5 cm³/mol. The van der Waals surface area contributed by atoms with E-state index in [0.29, 0.717) is 5.62 Å². The zero-order chi connectivity index (χ0) is 2.71. The zero-order valence-electron chi connectivity index (χ0n) is 1.93. The van der Waals surface area contributed by atoms with Crippen LogP contribution in [0.1, 0.15) is 0 Å². The van der Waals surface area contributed by atoms with Crippen LogP contribution in [0.25, 0.3) is 0 Å². The summed E-state index contributed by atoms with van der Waals surface area (Å²) in [6.45, 7) is 0. The highest BCUT2D eigenvalue weighted by Gasteiger charge is 1.24. The van der Waals surface area contributed by atoms with Gasteiger partial charge in [-0.25, -0.2) is 0 Å². The Bertz CT molecular complexity index is 15.5. The lowest BCUT2D eigenvalue weighted by molar-refractivity contribution is 0.570. The topological polar surface area (TPSA) is 17.1 Å². The summed E-state index contributed by atoms with van der Waals surface area (Å²) >= 11 is 3.11. The van der Waals surface area contributed by atoms with Crippen molar-refractivity contribution < 1.29 is 4.79 Å². The van der Waals surface area contributed by atoms with Gasteiger partial charge in [0.25, 0.3) is 0 Å². The smallest absolute Gasteiger partial charge is 0.173 e. The Morgan fingerprint density at radius 1 is 1.75 bits per heavy atom. The molecule has 0 unspecified atom stereocenters. The molecule has 1 nitrogen and oxygen atoms in total. The van der Waals surface area contributed by atoms with E-state index in [1.807, 2.05) is 0 Å². The average molecular weight is 90.2 g/mol. The first-order valence-electron chi connectivity index (χ1n) is 0.494. The van der Waals surface area contributed by atoms with Crippen LogP contribution in [-0.2, 0) is 4.79 Å². The Morgan fingerprint density at radius 3 is 1.75 bits per heavy atom. The number of carbonyl (C=O) groups excluding carboxylic acids is 1. The van der Waals surface area contributed by atoms with Crippen molar-refractivity contribution in [1.29, 1.82) is 0 Å². The number of hydrogen-bond acceptors (Lipinski definition) is 1. The van der Waals surface area contributed by atoms with Gasteiger partial charge in [-0.2, -0.15) is 0 Å². The van der Waals surface area contributed by atoms with Gasteiger partial charge in [0.2, 0.25) is 0 Å². The van der Waals surface area contributed by atoms with Crippen LogP contribution in [0.4, 0.5) is 0 Å². The van der Waals surface area contributed by atoms with E-state index >= 15 is 0 Å². The van der Waals surface area contributed by atoms with Crippen LogP contribution in [0.2, 0.25) is 0 Å². The van der Waals surface area contributed by atoms with Gasteiger partial charge in [0, 0.05) is 11.0 Å². The van der Waals surface area contributed by atoms with Crippen LogP contribution in [0.5, 0.6) is 0 Å². The first-order chi connectivity index (χ1) is 1.41. The van der Waals surface area contributed by atoms with Gasteiger partial charge in [0.15, 0.2) is 5.62 Å². The Balaban J connectivity index is 0. The lowest BCUT2D eigenvalue weighted by Gasteiger charge is -1.24. The molecular formula is CH2OSSi. The molecule has 0 N–H and O–H groups in total. The predicted octanol–water partition coefficient (Wildman–Crippen LogP) is -0.274. The van der Waals surface area contributed by atoms with Gasteiger partial charge in [0.1, 0.15) is 0 Å². The molecule has 0 saturated carbocycles. The molecule has 0 fully saturated rings. The summed E-state index contributed by atoms with van der Waals surface area (Å²) in [5.74, 6) is 0. The Kier molecular flexibility index (Phi) is 23.5. The number of rotatable bonds is 0. The Labute approximate surface area is 34.8 Å². The van der Waals surface area contributed by atoms with Gasteiger partial charge in [0.05, 0.1) is 0 Å². The fraction of sp³-hybridized carbons (Fsp3) is 0. The lowest BCUT2D eigenvalue weighted by Crippen LogP contribution is -1.25. The molecule has 0 heterocycles. The van der Waals surface area contributed by atoms with E-state index in [1.54, 1.807) is 0 Å². The van der Waals surface area contributed by atoms with Gasteiger partial charge in [-0.1, -0.05) is 0 Å². The largest absolute Gasteiger partial charge is 0.291 e. The molecule has 0 saturated heterocycles. The molecule has 4 radical (unpaired) electrons. The number of thiol groups is 1. The molecule has 22 valence electrons. The van der Waals surface area contributed by atoms with Crippen molar-refractivity contribution in [1.82, 2.24) is 0 Å². The van der Waals surface area contributed by atoms with E-state index in [2.05, 4.69) is 12.6 Å². The second-order valence-corrected chi connectivity index (χ2v) is 0.316. The maximum absolute atomic E-state index is 8.67. The zero-order valence-corrected chi connectivity index (χ0v) is 3.83. The highest BCUT2D eigenvalue weighted by atomic mass is 32.1. The molecule has 0 aliphatic carbocycles. The summed E-state index contributed by atoms with van der Waals surface area (Å²) in [7, 11) is 0. The van der Waals surface area contributed by atoms with Gasteiger partial charge in [-0.3, -0.25) is 4.79 Å². The molecule has 0 rings (SSSR count). The van der Waals surface area contributed by atoms with E-state index in [1.165, 1.54) is 0 Å². The Morgan fingerprint density at radius 2 is 1.75 bits per heavy atom. The minimum Gasteiger partial charge on any atom is -0.291 e. The molecule has 0 atom stereocenters. The van der Waals surface area contributed by atoms with Crippen molar-refractivity contribution in [2.75, 3.05) is 0 Å². The molecule has 0 aromatic heterocycles.